The van der Waals surface area contributed by atoms with E-state index >= 15 is 0 Å². The standard InChI is InChI=1S/C8H13N3O/c1-2-3-6-4-8(12)11-7(5-9)10-6/h4H,2-3,5,9H2,1H3,(H,10,11,12). The first kappa shape index (κ1) is 8.93. The molecule has 0 aliphatic heterocycles. The maximum absolute atomic E-state index is 11.0. The third-order valence-electron chi connectivity index (χ3n) is 1.54. The van der Waals surface area contributed by atoms with Crippen molar-refractivity contribution >= 4 is 0 Å². The summed E-state index contributed by atoms with van der Waals surface area (Å²) >= 11 is 0. The fraction of sp³-hybridized carbons (Fsp3) is 0.500. The number of rotatable bonds is 3. The number of hydrogen-bond donors (Lipinski definition) is 2. The molecule has 1 aromatic rings. The van der Waals surface area contributed by atoms with Gasteiger partial charge in [-0.05, 0) is 6.42 Å². The minimum absolute atomic E-state index is 0.117. The molecule has 1 rings (SSSR count). The van der Waals surface area contributed by atoms with E-state index in [-0.39, 0.29) is 12.1 Å². The molecule has 0 saturated carbocycles. The van der Waals surface area contributed by atoms with Gasteiger partial charge in [-0.1, -0.05) is 13.3 Å². The predicted octanol–water partition coefficient (Wildman–Crippen LogP) is 0.181. The largest absolute Gasteiger partial charge is 0.324 e. The van der Waals surface area contributed by atoms with Crippen LogP contribution < -0.4 is 11.3 Å². The molecule has 0 unspecified atom stereocenters. The Hall–Kier alpha value is -1.16. The number of nitrogens with zero attached hydrogens (tertiary/aromatic N) is 1. The lowest BCUT2D eigenvalue weighted by atomic mass is 10.2. The molecule has 66 valence electrons. The summed E-state index contributed by atoms with van der Waals surface area (Å²) in [7, 11) is 0. The zero-order valence-corrected chi connectivity index (χ0v) is 7.13. The Morgan fingerprint density at radius 3 is 3.00 bits per heavy atom. The summed E-state index contributed by atoms with van der Waals surface area (Å²) in [5.41, 5.74) is 6.06. The monoisotopic (exact) mass is 167 g/mol. The van der Waals surface area contributed by atoms with Crippen molar-refractivity contribution < 1.29 is 0 Å². The molecule has 0 saturated heterocycles. The van der Waals surface area contributed by atoms with Crippen LogP contribution in [0.3, 0.4) is 0 Å². The third-order valence-corrected chi connectivity index (χ3v) is 1.54. The van der Waals surface area contributed by atoms with Gasteiger partial charge in [-0.15, -0.1) is 0 Å². The predicted molar refractivity (Wildman–Crippen MR) is 46.7 cm³/mol. The molecule has 0 aliphatic rings. The second kappa shape index (κ2) is 4.01. The van der Waals surface area contributed by atoms with Crippen LogP contribution in [-0.4, -0.2) is 9.97 Å². The number of aromatic nitrogens is 2. The summed E-state index contributed by atoms with van der Waals surface area (Å²) in [5, 5.41) is 0. The quantitative estimate of drug-likeness (QED) is 0.674. The number of hydrogen-bond acceptors (Lipinski definition) is 3. The van der Waals surface area contributed by atoms with E-state index in [0.29, 0.717) is 5.82 Å². The molecule has 1 heterocycles. The van der Waals surface area contributed by atoms with Crippen molar-refractivity contribution in [2.24, 2.45) is 5.73 Å². The van der Waals surface area contributed by atoms with Gasteiger partial charge in [0.05, 0.1) is 6.54 Å². The molecule has 4 heteroatoms. The number of nitrogens with two attached hydrogens (primary N) is 1. The second-order valence-corrected chi connectivity index (χ2v) is 2.64. The summed E-state index contributed by atoms with van der Waals surface area (Å²) < 4.78 is 0. The summed E-state index contributed by atoms with van der Waals surface area (Å²) in [6, 6.07) is 1.52. The summed E-state index contributed by atoms with van der Waals surface area (Å²) in [4.78, 5) is 17.7. The fourth-order valence-electron chi connectivity index (χ4n) is 1.04. The number of nitrogens with one attached hydrogen (secondary N) is 1. The number of aryl methyl sites for hydroxylation is 1. The topological polar surface area (TPSA) is 71.8 Å². The fourth-order valence-corrected chi connectivity index (χ4v) is 1.04. The van der Waals surface area contributed by atoms with Crippen molar-refractivity contribution in [2.75, 3.05) is 0 Å². The molecular formula is C8H13N3O. The van der Waals surface area contributed by atoms with Gasteiger partial charge in [0.25, 0.3) is 5.56 Å². The maximum Gasteiger partial charge on any atom is 0.251 e. The lowest BCUT2D eigenvalue weighted by Crippen LogP contribution is -2.15. The SMILES string of the molecule is CCCc1cc(=O)[nH]c(CN)n1. The molecule has 0 spiro atoms. The number of aromatic amines is 1. The first-order chi connectivity index (χ1) is 5.76. The van der Waals surface area contributed by atoms with Gasteiger partial charge in [0.15, 0.2) is 0 Å². The van der Waals surface area contributed by atoms with Crippen LogP contribution in [0.4, 0.5) is 0 Å². The van der Waals surface area contributed by atoms with Crippen molar-refractivity contribution in [1.29, 1.82) is 0 Å². The van der Waals surface area contributed by atoms with Gasteiger partial charge in [0.1, 0.15) is 5.82 Å². The van der Waals surface area contributed by atoms with Crippen LogP contribution in [0.2, 0.25) is 0 Å². The van der Waals surface area contributed by atoms with Gasteiger partial charge in [0, 0.05) is 11.8 Å². The highest BCUT2D eigenvalue weighted by Gasteiger charge is 1.97. The minimum atomic E-state index is -0.117. The van der Waals surface area contributed by atoms with E-state index in [1.54, 1.807) is 0 Å². The third kappa shape index (κ3) is 2.17. The van der Waals surface area contributed by atoms with Gasteiger partial charge >= 0.3 is 0 Å². The molecule has 0 aliphatic carbocycles. The normalized spacial score (nSPS) is 10.2. The van der Waals surface area contributed by atoms with E-state index in [4.69, 9.17) is 5.73 Å². The van der Waals surface area contributed by atoms with Crippen LogP contribution in [0.25, 0.3) is 0 Å². The minimum Gasteiger partial charge on any atom is -0.324 e. The lowest BCUT2D eigenvalue weighted by molar-refractivity contribution is 0.814. The Balaban J connectivity index is 2.98. The van der Waals surface area contributed by atoms with Gasteiger partial charge in [-0.2, -0.15) is 0 Å². The van der Waals surface area contributed by atoms with Gasteiger partial charge in [-0.3, -0.25) is 4.79 Å². The first-order valence-electron chi connectivity index (χ1n) is 4.05. The van der Waals surface area contributed by atoms with E-state index in [2.05, 4.69) is 9.97 Å². The lowest BCUT2D eigenvalue weighted by Gasteiger charge is -1.99. The highest BCUT2D eigenvalue weighted by Crippen LogP contribution is 1.95. The smallest absolute Gasteiger partial charge is 0.251 e. The van der Waals surface area contributed by atoms with Crippen LogP contribution in [0.5, 0.6) is 0 Å². The summed E-state index contributed by atoms with van der Waals surface area (Å²) in [6.45, 7) is 2.33. The zero-order valence-electron chi connectivity index (χ0n) is 7.13. The highest BCUT2D eigenvalue weighted by molar-refractivity contribution is 5.02. The van der Waals surface area contributed by atoms with Gasteiger partial charge in [-0.25, -0.2) is 4.98 Å². The van der Waals surface area contributed by atoms with E-state index in [0.717, 1.165) is 18.5 Å². The Kier molecular flexibility index (Phi) is 2.99. The summed E-state index contributed by atoms with van der Waals surface area (Å²) in [6.07, 6.45) is 1.82. The molecule has 0 atom stereocenters. The number of H-pyrrole nitrogens is 1. The maximum atomic E-state index is 11.0. The second-order valence-electron chi connectivity index (χ2n) is 2.64. The highest BCUT2D eigenvalue weighted by atomic mass is 16.1. The van der Waals surface area contributed by atoms with Crippen LogP contribution in [-0.2, 0) is 13.0 Å². The van der Waals surface area contributed by atoms with Crippen LogP contribution in [0.1, 0.15) is 24.9 Å². The van der Waals surface area contributed by atoms with E-state index < -0.39 is 0 Å². The van der Waals surface area contributed by atoms with E-state index in [1.165, 1.54) is 6.07 Å². The first-order valence-corrected chi connectivity index (χ1v) is 4.05. The molecular weight excluding hydrogens is 154 g/mol. The van der Waals surface area contributed by atoms with Crippen molar-refractivity contribution in [3.63, 3.8) is 0 Å². The van der Waals surface area contributed by atoms with Crippen molar-refractivity contribution in [3.8, 4) is 0 Å². The molecule has 1 aromatic heterocycles. The van der Waals surface area contributed by atoms with Gasteiger partial charge < -0.3 is 10.7 Å². The average molecular weight is 167 g/mol. The molecule has 3 N–H and O–H groups in total. The molecule has 12 heavy (non-hydrogen) atoms. The van der Waals surface area contributed by atoms with Crippen LogP contribution >= 0.6 is 0 Å². The average Bonchev–Trinajstić information content (AvgIpc) is 2.04. The van der Waals surface area contributed by atoms with Crippen molar-refractivity contribution in [1.82, 2.24) is 9.97 Å². The summed E-state index contributed by atoms with van der Waals surface area (Å²) in [5.74, 6) is 0.561. The Morgan fingerprint density at radius 1 is 1.67 bits per heavy atom. The Bertz CT molecular complexity index is 305. The molecule has 4 nitrogen and oxygen atoms in total. The molecule has 0 radical (unpaired) electrons. The Labute approximate surface area is 70.8 Å². The van der Waals surface area contributed by atoms with Crippen LogP contribution in [0, 0.1) is 0 Å². The van der Waals surface area contributed by atoms with E-state index in [1.807, 2.05) is 6.92 Å². The zero-order chi connectivity index (χ0) is 8.97. The van der Waals surface area contributed by atoms with Gasteiger partial charge in [0.2, 0.25) is 0 Å². The van der Waals surface area contributed by atoms with Crippen molar-refractivity contribution in [2.45, 2.75) is 26.3 Å². The molecule has 0 amide bonds. The molecule has 0 bridgehead atoms. The van der Waals surface area contributed by atoms with Crippen LogP contribution in [0.15, 0.2) is 10.9 Å². The van der Waals surface area contributed by atoms with E-state index in [9.17, 15) is 4.79 Å². The Morgan fingerprint density at radius 2 is 2.42 bits per heavy atom. The molecule has 0 fully saturated rings. The molecule has 0 aromatic carbocycles. The van der Waals surface area contributed by atoms with Crippen molar-refractivity contribution in [3.05, 3.63) is 27.9 Å².